The molecule has 2 N–H and O–H groups in total. The average molecular weight is 436 g/mol. The van der Waals surface area contributed by atoms with Gasteiger partial charge in [-0.1, -0.05) is 54.1 Å². The van der Waals surface area contributed by atoms with Crippen molar-refractivity contribution < 1.29 is 14.3 Å². The van der Waals surface area contributed by atoms with E-state index in [4.69, 9.17) is 16.3 Å². The van der Waals surface area contributed by atoms with Crippen molar-refractivity contribution in [2.24, 2.45) is 5.10 Å². The Morgan fingerprint density at radius 1 is 0.871 bits per heavy atom. The molecule has 0 bridgehead atoms. The lowest BCUT2D eigenvalue weighted by molar-refractivity contribution is -0.124. The monoisotopic (exact) mass is 435 g/mol. The van der Waals surface area contributed by atoms with Crippen LogP contribution >= 0.6 is 11.6 Å². The van der Waals surface area contributed by atoms with Crippen LogP contribution in [-0.4, -0.2) is 18.0 Å². The van der Waals surface area contributed by atoms with Crippen molar-refractivity contribution in [3.63, 3.8) is 0 Å². The van der Waals surface area contributed by atoms with E-state index < -0.39 is 0 Å². The molecule has 31 heavy (non-hydrogen) atoms. The molecule has 6 nitrogen and oxygen atoms in total. The molecule has 0 heterocycles. The van der Waals surface area contributed by atoms with E-state index >= 15 is 0 Å². The predicted molar refractivity (Wildman–Crippen MR) is 122 cm³/mol. The van der Waals surface area contributed by atoms with Crippen molar-refractivity contribution in [1.82, 2.24) is 5.43 Å². The van der Waals surface area contributed by atoms with Crippen LogP contribution in [0.2, 0.25) is 5.02 Å². The number of carbonyl (C=O) groups excluding carboxylic acids is 2. The molecule has 2 amide bonds. The number of nitrogens with one attached hydrogen (secondary N) is 2. The van der Waals surface area contributed by atoms with Crippen LogP contribution in [0, 0.1) is 0 Å². The van der Waals surface area contributed by atoms with Crippen LogP contribution in [0.15, 0.2) is 84.0 Å². The minimum absolute atomic E-state index is 0.0168. The molecule has 3 rings (SSSR count). The second-order valence-corrected chi connectivity index (χ2v) is 7.10. The highest BCUT2D eigenvalue weighted by Gasteiger charge is 2.07. The van der Waals surface area contributed by atoms with Crippen LogP contribution in [0.25, 0.3) is 0 Å². The summed E-state index contributed by atoms with van der Waals surface area (Å²) in [6.45, 7) is 0.431. The van der Waals surface area contributed by atoms with E-state index in [-0.39, 0.29) is 24.7 Å². The fourth-order valence-corrected chi connectivity index (χ4v) is 2.79. The van der Waals surface area contributed by atoms with Crippen molar-refractivity contribution in [1.29, 1.82) is 0 Å². The third-order valence-corrected chi connectivity index (χ3v) is 4.51. The van der Waals surface area contributed by atoms with Gasteiger partial charge in [0.1, 0.15) is 12.4 Å². The van der Waals surface area contributed by atoms with Gasteiger partial charge >= 0.3 is 0 Å². The fourth-order valence-electron chi connectivity index (χ4n) is 2.67. The Balaban J connectivity index is 1.45. The molecule has 0 atom stereocenters. The third-order valence-electron chi connectivity index (χ3n) is 4.26. The number of rotatable bonds is 9. The molecular weight excluding hydrogens is 414 g/mol. The summed E-state index contributed by atoms with van der Waals surface area (Å²) in [5.74, 6) is 0.0398. The summed E-state index contributed by atoms with van der Waals surface area (Å²) in [6, 6.07) is 24.0. The van der Waals surface area contributed by atoms with Gasteiger partial charge in [-0.15, -0.1) is 0 Å². The zero-order chi connectivity index (χ0) is 21.9. The molecule has 0 fully saturated rings. The lowest BCUT2D eigenvalue weighted by Gasteiger charge is -2.09. The van der Waals surface area contributed by atoms with Crippen molar-refractivity contribution in [2.75, 3.05) is 5.32 Å². The number of nitrogens with zero attached hydrogens (tertiary/aromatic N) is 1. The van der Waals surface area contributed by atoms with Gasteiger partial charge in [0.05, 0.1) is 6.21 Å². The molecule has 3 aromatic rings. The van der Waals surface area contributed by atoms with E-state index in [2.05, 4.69) is 15.8 Å². The van der Waals surface area contributed by atoms with Gasteiger partial charge in [0.15, 0.2) is 0 Å². The van der Waals surface area contributed by atoms with E-state index in [0.29, 0.717) is 23.1 Å². The second-order valence-electron chi connectivity index (χ2n) is 6.66. The van der Waals surface area contributed by atoms with Gasteiger partial charge in [0.2, 0.25) is 11.8 Å². The number of hydrazone groups is 1. The summed E-state index contributed by atoms with van der Waals surface area (Å²) < 4.78 is 5.86. The number of hydrogen-bond donors (Lipinski definition) is 2. The maximum atomic E-state index is 12.0. The SMILES string of the molecule is O=C(CCC(=O)Nc1ccc(Cl)cc1)N/N=C/c1ccccc1OCc1ccccc1. The zero-order valence-corrected chi connectivity index (χ0v) is 17.5. The topological polar surface area (TPSA) is 79.8 Å². The molecule has 0 spiro atoms. The number of hydrogen-bond acceptors (Lipinski definition) is 4. The predicted octanol–water partition coefficient (Wildman–Crippen LogP) is 4.79. The number of para-hydroxylation sites is 1. The smallest absolute Gasteiger partial charge is 0.240 e. The van der Waals surface area contributed by atoms with Gasteiger partial charge in [-0.05, 0) is 42.0 Å². The summed E-state index contributed by atoms with van der Waals surface area (Å²) in [5.41, 5.74) is 4.85. The van der Waals surface area contributed by atoms with Crippen LogP contribution in [0.1, 0.15) is 24.0 Å². The standard InChI is InChI=1S/C24H22ClN3O3/c25-20-10-12-21(13-11-20)27-23(29)14-15-24(30)28-26-16-19-8-4-5-9-22(19)31-17-18-6-2-1-3-7-18/h1-13,16H,14-15,17H2,(H,27,29)(H,28,30)/b26-16+. The number of anilines is 1. The molecule has 0 saturated heterocycles. The molecule has 158 valence electrons. The molecule has 0 aromatic heterocycles. The van der Waals surface area contributed by atoms with Crippen LogP contribution in [-0.2, 0) is 16.2 Å². The Bertz CT molecular complexity index is 1040. The summed E-state index contributed by atoms with van der Waals surface area (Å²) >= 11 is 5.81. The Morgan fingerprint density at radius 2 is 1.55 bits per heavy atom. The third kappa shape index (κ3) is 7.60. The van der Waals surface area contributed by atoms with E-state index in [0.717, 1.165) is 11.1 Å². The molecule has 0 aliphatic rings. The molecular formula is C24H22ClN3O3. The minimum Gasteiger partial charge on any atom is -0.488 e. The van der Waals surface area contributed by atoms with Crippen LogP contribution in [0.5, 0.6) is 5.75 Å². The highest BCUT2D eigenvalue weighted by molar-refractivity contribution is 6.30. The summed E-state index contributed by atoms with van der Waals surface area (Å²) in [7, 11) is 0. The normalized spacial score (nSPS) is 10.6. The summed E-state index contributed by atoms with van der Waals surface area (Å²) in [6.07, 6.45) is 1.58. The van der Waals surface area contributed by atoms with E-state index in [1.165, 1.54) is 6.21 Å². The molecule has 7 heteroatoms. The van der Waals surface area contributed by atoms with Crippen molar-refractivity contribution in [3.05, 3.63) is 95.0 Å². The first kappa shape index (κ1) is 22.1. The molecule has 0 aliphatic heterocycles. The van der Waals surface area contributed by atoms with Gasteiger partial charge in [-0.2, -0.15) is 5.10 Å². The molecule has 3 aromatic carbocycles. The van der Waals surface area contributed by atoms with Crippen LogP contribution < -0.4 is 15.5 Å². The van der Waals surface area contributed by atoms with Crippen molar-refractivity contribution in [3.8, 4) is 5.75 Å². The van der Waals surface area contributed by atoms with Gasteiger partial charge in [0.25, 0.3) is 0 Å². The Hall–Kier alpha value is -3.64. The number of carbonyl (C=O) groups is 2. The second kappa shape index (κ2) is 11.5. The molecule has 0 saturated carbocycles. The van der Waals surface area contributed by atoms with Crippen molar-refractivity contribution in [2.45, 2.75) is 19.4 Å². The number of amides is 2. The van der Waals surface area contributed by atoms with Gasteiger partial charge in [0, 0.05) is 29.1 Å². The van der Waals surface area contributed by atoms with Crippen LogP contribution in [0.3, 0.4) is 0 Å². The van der Waals surface area contributed by atoms with Gasteiger partial charge in [-0.3, -0.25) is 9.59 Å². The van der Waals surface area contributed by atoms with E-state index in [1.807, 2.05) is 54.6 Å². The maximum absolute atomic E-state index is 12.0. The molecule has 0 radical (unpaired) electrons. The number of ether oxygens (including phenoxy) is 1. The number of benzene rings is 3. The number of halogens is 1. The summed E-state index contributed by atoms with van der Waals surface area (Å²) in [4.78, 5) is 23.9. The lowest BCUT2D eigenvalue weighted by atomic mass is 10.2. The lowest BCUT2D eigenvalue weighted by Crippen LogP contribution is -2.20. The van der Waals surface area contributed by atoms with Gasteiger partial charge < -0.3 is 10.1 Å². The molecule has 0 aliphatic carbocycles. The summed E-state index contributed by atoms with van der Waals surface area (Å²) in [5, 5.41) is 7.27. The Labute approximate surface area is 185 Å². The fraction of sp³-hybridized carbons (Fsp3) is 0.125. The largest absolute Gasteiger partial charge is 0.488 e. The highest BCUT2D eigenvalue weighted by atomic mass is 35.5. The first-order valence-electron chi connectivity index (χ1n) is 9.73. The van der Waals surface area contributed by atoms with Crippen LogP contribution in [0.4, 0.5) is 5.69 Å². The van der Waals surface area contributed by atoms with Crippen molar-refractivity contribution >= 4 is 35.3 Å². The highest BCUT2D eigenvalue weighted by Crippen LogP contribution is 2.17. The first-order chi connectivity index (χ1) is 15.1. The average Bonchev–Trinajstić information content (AvgIpc) is 2.79. The Morgan fingerprint density at radius 3 is 2.32 bits per heavy atom. The quantitative estimate of drug-likeness (QED) is 0.374. The van der Waals surface area contributed by atoms with E-state index in [9.17, 15) is 9.59 Å². The van der Waals surface area contributed by atoms with E-state index in [1.54, 1.807) is 24.3 Å². The first-order valence-corrected chi connectivity index (χ1v) is 10.1. The zero-order valence-electron chi connectivity index (χ0n) is 16.8. The maximum Gasteiger partial charge on any atom is 0.240 e. The molecule has 0 unspecified atom stereocenters. The van der Waals surface area contributed by atoms with Gasteiger partial charge in [-0.25, -0.2) is 5.43 Å². The minimum atomic E-state index is -0.356. The Kier molecular flexibility index (Phi) is 8.20.